The van der Waals surface area contributed by atoms with E-state index in [0.29, 0.717) is 23.1 Å². The van der Waals surface area contributed by atoms with Crippen LogP contribution in [0.2, 0.25) is 5.02 Å². The number of rotatable bonds is 9. The van der Waals surface area contributed by atoms with Crippen molar-refractivity contribution >= 4 is 34.9 Å². The average Bonchev–Trinajstić information content (AvgIpc) is 3.20. The fourth-order valence-electron chi connectivity index (χ4n) is 3.55. The van der Waals surface area contributed by atoms with E-state index in [0.717, 1.165) is 29.6 Å². The maximum Gasteiger partial charge on any atom is 0.180 e. The summed E-state index contributed by atoms with van der Waals surface area (Å²) < 4.78 is 24.4. The molecule has 0 radical (unpaired) electrons. The Kier molecular flexibility index (Phi) is 8.39. The topological polar surface area (TPSA) is 46.3 Å². The normalized spacial score (nSPS) is 10.7. The SMILES string of the molecule is COc1cc(CNCCc2c[nH]c3ccccc23)cc(Cl)c1OCc1ccc(F)cc1.Cl. The zero-order chi connectivity index (χ0) is 21.6. The summed E-state index contributed by atoms with van der Waals surface area (Å²) in [7, 11) is 1.59. The molecule has 168 valence electrons. The van der Waals surface area contributed by atoms with Crippen molar-refractivity contribution in [2.45, 2.75) is 19.6 Å². The number of benzene rings is 3. The van der Waals surface area contributed by atoms with Gasteiger partial charge in [0.05, 0.1) is 12.1 Å². The maximum absolute atomic E-state index is 13.1. The molecule has 4 aromatic rings. The number of hydrogen-bond acceptors (Lipinski definition) is 3. The Morgan fingerprint density at radius 3 is 2.59 bits per heavy atom. The van der Waals surface area contributed by atoms with Crippen molar-refractivity contribution in [3.63, 3.8) is 0 Å². The molecule has 0 amide bonds. The first-order valence-electron chi connectivity index (χ1n) is 10.1. The van der Waals surface area contributed by atoms with Gasteiger partial charge in [-0.15, -0.1) is 12.4 Å². The van der Waals surface area contributed by atoms with Gasteiger partial charge in [0.25, 0.3) is 0 Å². The number of fused-ring (bicyclic) bond motifs is 1. The zero-order valence-corrected chi connectivity index (χ0v) is 19.2. The molecular formula is C25H25Cl2FN2O2. The van der Waals surface area contributed by atoms with Crippen LogP contribution in [-0.2, 0) is 19.6 Å². The van der Waals surface area contributed by atoms with Crippen LogP contribution in [0, 0.1) is 5.82 Å². The van der Waals surface area contributed by atoms with E-state index in [4.69, 9.17) is 21.1 Å². The van der Waals surface area contributed by atoms with Crippen molar-refractivity contribution < 1.29 is 13.9 Å². The van der Waals surface area contributed by atoms with Crippen LogP contribution in [0.3, 0.4) is 0 Å². The zero-order valence-electron chi connectivity index (χ0n) is 17.7. The molecule has 0 aliphatic rings. The predicted octanol–water partition coefficient (Wildman–Crippen LogP) is 6.30. The molecule has 0 saturated carbocycles. The van der Waals surface area contributed by atoms with E-state index >= 15 is 0 Å². The first-order valence-corrected chi connectivity index (χ1v) is 10.5. The number of aromatic nitrogens is 1. The van der Waals surface area contributed by atoms with Crippen molar-refractivity contribution in [1.82, 2.24) is 10.3 Å². The Bertz CT molecular complexity index is 1160. The monoisotopic (exact) mass is 474 g/mol. The van der Waals surface area contributed by atoms with Gasteiger partial charge in [-0.05, 0) is 60.0 Å². The molecule has 0 unspecified atom stereocenters. The highest BCUT2D eigenvalue weighted by Crippen LogP contribution is 2.37. The summed E-state index contributed by atoms with van der Waals surface area (Å²) in [4.78, 5) is 3.31. The van der Waals surface area contributed by atoms with Crippen LogP contribution >= 0.6 is 24.0 Å². The second kappa shape index (κ2) is 11.2. The van der Waals surface area contributed by atoms with E-state index in [9.17, 15) is 4.39 Å². The fourth-order valence-corrected chi connectivity index (χ4v) is 3.83. The molecule has 4 rings (SSSR count). The van der Waals surface area contributed by atoms with Gasteiger partial charge < -0.3 is 19.8 Å². The number of H-pyrrole nitrogens is 1. The van der Waals surface area contributed by atoms with E-state index in [1.54, 1.807) is 19.2 Å². The molecule has 1 heterocycles. The lowest BCUT2D eigenvalue weighted by Crippen LogP contribution is -2.16. The van der Waals surface area contributed by atoms with Gasteiger partial charge >= 0.3 is 0 Å². The number of aromatic amines is 1. The molecule has 0 aliphatic carbocycles. The number of ether oxygens (including phenoxy) is 2. The highest BCUT2D eigenvalue weighted by Gasteiger charge is 2.13. The molecular weight excluding hydrogens is 450 g/mol. The van der Waals surface area contributed by atoms with Gasteiger partial charge in [-0.25, -0.2) is 4.39 Å². The molecule has 0 bridgehead atoms. The molecule has 0 fully saturated rings. The minimum absolute atomic E-state index is 0. The van der Waals surface area contributed by atoms with Gasteiger partial charge in [0.2, 0.25) is 0 Å². The molecule has 32 heavy (non-hydrogen) atoms. The van der Waals surface area contributed by atoms with Crippen molar-refractivity contribution in [3.05, 3.63) is 94.4 Å². The second-order valence-electron chi connectivity index (χ2n) is 7.31. The molecule has 3 aromatic carbocycles. The summed E-state index contributed by atoms with van der Waals surface area (Å²) in [6, 6.07) is 18.3. The van der Waals surface area contributed by atoms with Gasteiger partial charge in [0, 0.05) is 23.6 Å². The summed E-state index contributed by atoms with van der Waals surface area (Å²) in [5.74, 6) is 0.778. The Hall–Kier alpha value is -2.73. The minimum Gasteiger partial charge on any atom is -0.493 e. The van der Waals surface area contributed by atoms with E-state index < -0.39 is 0 Å². The van der Waals surface area contributed by atoms with Crippen LogP contribution in [0.5, 0.6) is 11.5 Å². The van der Waals surface area contributed by atoms with E-state index in [1.807, 2.05) is 18.2 Å². The fraction of sp³-hybridized carbons (Fsp3) is 0.200. The van der Waals surface area contributed by atoms with Gasteiger partial charge in [0.1, 0.15) is 12.4 Å². The molecule has 1 aromatic heterocycles. The molecule has 2 N–H and O–H groups in total. The number of methoxy groups -OCH3 is 1. The van der Waals surface area contributed by atoms with Crippen molar-refractivity contribution in [2.24, 2.45) is 0 Å². The standard InChI is InChI=1S/C25H24ClFN2O2.ClH/c1-30-24-13-18(12-22(26)25(24)31-16-17-6-8-20(27)9-7-17)14-28-11-10-19-15-29-23-5-3-2-4-21(19)23;/h2-9,12-13,15,28-29H,10-11,14,16H2,1H3;1H. The van der Waals surface area contributed by atoms with Gasteiger partial charge in [0.15, 0.2) is 11.5 Å². The van der Waals surface area contributed by atoms with E-state index in [-0.39, 0.29) is 24.8 Å². The minimum atomic E-state index is -0.277. The summed E-state index contributed by atoms with van der Waals surface area (Å²) in [5, 5.41) is 5.20. The van der Waals surface area contributed by atoms with Crippen molar-refractivity contribution in [1.29, 1.82) is 0 Å². The van der Waals surface area contributed by atoms with Gasteiger partial charge in [-0.2, -0.15) is 0 Å². The van der Waals surface area contributed by atoms with E-state index in [2.05, 4.69) is 34.7 Å². The van der Waals surface area contributed by atoms with Crippen LogP contribution in [0.15, 0.2) is 66.9 Å². The molecule has 0 saturated heterocycles. The Morgan fingerprint density at radius 1 is 1.03 bits per heavy atom. The second-order valence-corrected chi connectivity index (χ2v) is 7.72. The van der Waals surface area contributed by atoms with Crippen molar-refractivity contribution in [3.8, 4) is 11.5 Å². The molecule has 4 nitrogen and oxygen atoms in total. The van der Waals surface area contributed by atoms with Crippen LogP contribution in [0.1, 0.15) is 16.7 Å². The highest BCUT2D eigenvalue weighted by atomic mass is 35.5. The van der Waals surface area contributed by atoms with Gasteiger partial charge in [-0.3, -0.25) is 0 Å². The third-order valence-electron chi connectivity index (χ3n) is 5.16. The number of hydrogen-bond donors (Lipinski definition) is 2. The third-order valence-corrected chi connectivity index (χ3v) is 5.44. The number of para-hydroxylation sites is 1. The third kappa shape index (κ3) is 5.74. The predicted molar refractivity (Wildman–Crippen MR) is 130 cm³/mol. The van der Waals surface area contributed by atoms with Crippen LogP contribution in [-0.4, -0.2) is 18.6 Å². The lowest BCUT2D eigenvalue weighted by Gasteiger charge is -2.15. The van der Waals surface area contributed by atoms with Crippen LogP contribution in [0.25, 0.3) is 10.9 Å². The Morgan fingerprint density at radius 2 is 1.81 bits per heavy atom. The lowest BCUT2D eigenvalue weighted by atomic mass is 10.1. The highest BCUT2D eigenvalue weighted by molar-refractivity contribution is 6.32. The number of nitrogens with one attached hydrogen (secondary N) is 2. The Labute approximate surface area is 198 Å². The van der Waals surface area contributed by atoms with Crippen LogP contribution < -0.4 is 14.8 Å². The van der Waals surface area contributed by atoms with E-state index in [1.165, 1.54) is 23.1 Å². The summed E-state index contributed by atoms with van der Waals surface area (Å²) in [6.45, 7) is 1.78. The molecule has 0 aliphatic heterocycles. The molecule has 7 heteroatoms. The smallest absolute Gasteiger partial charge is 0.180 e. The molecule has 0 spiro atoms. The van der Waals surface area contributed by atoms with Crippen molar-refractivity contribution in [2.75, 3.05) is 13.7 Å². The first kappa shape index (κ1) is 23.9. The molecule has 0 atom stereocenters. The Balaban J connectivity index is 0.00000289. The first-order chi connectivity index (χ1) is 15.1. The van der Waals surface area contributed by atoms with Crippen LogP contribution in [0.4, 0.5) is 4.39 Å². The maximum atomic E-state index is 13.1. The lowest BCUT2D eigenvalue weighted by molar-refractivity contribution is 0.284. The summed E-state index contributed by atoms with van der Waals surface area (Å²) >= 11 is 6.47. The van der Waals surface area contributed by atoms with Gasteiger partial charge in [-0.1, -0.05) is 41.9 Å². The largest absolute Gasteiger partial charge is 0.493 e. The summed E-state index contributed by atoms with van der Waals surface area (Å²) in [6.07, 6.45) is 2.99. The summed E-state index contributed by atoms with van der Waals surface area (Å²) in [5.41, 5.74) is 4.31. The quantitative estimate of drug-likeness (QED) is 0.279. The average molecular weight is 475 g/mol. The number of halogens is 3.